The van der Waals surface area contributed by atoms with Crippen molar-refractivity contribution < 1.29 is 9.47 Å². The summed E-state index contributed by atoms with van der Waals surface area (Å²) in [7, 11) is 1.73. The van der Waals surface area contributed by atoms with E-state index >= 15 is 0 Å². The summed E-state index contributed by atoms with van der Waals surface area (Å²) in [5, 5.41) is 0.932. The van der Waals surface area contributed by atoms with Gasteiger partial charge in [-0.2, -0.15) is 9.97 Å². The molecule has 3 heterocycles. The first-order chi connectivity index (χ1) is 16.0. The highest BCUT2D eigenvalue weighted by molar-refractivity contribution is 6.17. The molecule has 2 aromatic heterocycles. The zero-order valence-corrected chi connectivity index (χ0v) is 20.5. The lowest BCUT2D eigenvalue weighted by molar-refractivity contribution is 0.0981. The molecule has 1 aliphatic rings. The number of fused-ring (bicyclic) bond motifs is 1. The van der Waals surface area contributed by atoms with E-state index in [1.54, 1.807) is 7.11 Å². The van der Waals surface area contributed by atoms with Crippen LogP contribution in [0.2, 0.25) is 0 Å². The van der Waals surface area contributed by atoms with Gasteiger partial charge in [-0.1, -0.05) is 18.2 Å². The Labute approximate surface area is 200 Å². The molecule has 33 heavy (non-hydrogen) atoms. The van der Waals surface area contributed by atoms with Gasteiger partial charge in [0.15, 0.2) is 5.65 Å². The Morgan fingerprint density at radius 3 is 2.82 bits per heavy atom. The average molecular weight is 470 g/mol. The zero-order valence-electron chi connectivity index (χ0n) is 19.8. The molecule has 7 nitrogen and oxygen atoms in total. The molecular formula is C25H32ClN5O2. The van der Waals surface area contributed by atoms with Crippen LogP contribution in [0.15, 0.2) is 36.4 Å². The van der Waals surface area contributed by atoms with Gasteiger partial charge in [-0.25, -0.2) is 4.98 Å². The first-order valence-electron chi connectivity index (χ1n) is 11.5. The molecule has 0 bridgehead atoms. The van der Waals surface area contributed by atoms with Crippen LogP contribution in [0.25, 0.3) is 22.3 Å². The molecule has 0 amide bonds. The van der Waals surface area contributed by atoms with E-state index in [1.165, 1.54) is 0 Å². The molecule has 3 aromatic rings. The molecule has 0 N–H and O–H groups in total. The molecule has 0 spiro atoms. The number of rotatable bonds is 8. The molecule has 1 aliphatic heterocycles. The van der Waals surface area contributed by atoms with Crippen LogP contribution in [0.1, 0.15) is 26.3 Å². The zero-order chi connectivity index (χ0) is 23.4. The first-order valence-corrected chi connectivity index (χ1v) is 12.0. The Kier molecular flexibility index (Phi) is 7.63. The van der Waals surface area contributed by atoms with Gasteiger partial charge in [0.25, 0.3) is 0 Å². The third-order valence-electron chi connectivity index (χ3n) is 6.08. The third kappa shape index (κ3) is 5.05. The van der Waals surface area contributed by atoms with Crippen molar-refractivity contribution in [2.45, 2.75) is 38.7 Å². The van der Waals surface area contributed by atoms with Crippen molar-refractivity contribution in [3.63, 3.8) is 0 Å². The summed E-state index contributed by atoms with van der Waals surface area (Å²) in [6.45, 7) is 9.91. The molecule has 176 valence electrons. The van der Waals surface area contributed by atoms with Crippen LogP contribution in [0, 0.1) is 0 Å². The van der Waals surface area contributed by atoms with Gasteiger partial charge in [0.05, 0.1) is 43.0 Å². The van der Waals surface area contributed by atoms with E-state index in [0.29, 0.717) is 37.3 Å². The summed E-state index contributed by atoms with van der Waals surface area (Å²) >= 11 is 6.06. The fourth-order valence-electron chi connectivity index (χ4n) is 4.33. The maximum Gasteiger partial charge on any atom is 0.229 e. The first kappa shape index (κ1) is 23.7. The van der Waals surface area contributed by atoms with Crippen molar-refractivity contribution in [3.05, 3.63) is 42.0 Å². The standard InChI is InChI=1S/C25H32ClN5O2/c1-5-30(17(2)15-32-4)24-21-9-10-22(20-8-6-7-19(13-20)14-26)27-23(21)28-25(29-24)31-11-12-33-16-18(31)3/h6-10,13,17-18H,5,11-12,14-16H2,1-4H3/t17-,18-/m0/s1. The molecular weight excluding hydrogens is 438 g/mol. The number of pyridine rings is 1. The van der Waals surface area contributed by atoms with Crippen LogP contribution < -0.4 is 9.80 Å². The summed E-state index contributed by atoms with van der Waals surface area (Å²) in [5.74, 6) is 2.04. The van der Waals surface area contributed by atoms with Crippen LogP contribution in [0.5, 0.6) is 0 Å². The lowest BCUT2D eigenvalue weighted by atomic mass is 10.1. The smallest absolute Gasteiger partial charge is 0.229 e. The van der Waals surface area contributed by atoms with Gasteiger partial charge in [0.1, 0.15) is 5.82 Å². The number of methoxy groups -OCH3 is 1. The van der Waals surface area contributed by atoms with Gasteiger partial charge in [-0.05, 0) is 44.5 Å². The number of ether oxygens (including phenoxy) is 2. The van der Waals surface area contributed by atoms with Gasteiger partial charge in [0, 0.05) is 31.6 Å². The minimum absolute atomic E-state index is 0.160. The number of aromatic nitrogens is 3. The van der Waals surface area contributed by atoms with E-state index in [2.05, 4.69) is 48.8 Å². The van der Waals surface area contributed by atoms with Crippen molar-refractivity contribution in [2.75, 3.05) is 49.8 Å². The van der Waals surface area contributed by atoms with Crippen LogP contribution in [-0.4, -0.2) is 67.1 Å². The molecule has 0 saturated carbocycles. The SMILES string of the molecule is CCN(c1nc(N2CCOC[C@@H]2C)nc2nc(-c3cccc(CCl)c3)ccc12)[C@@H](C)COC. The largest absolute Gasteiger partial charge is 0.383 e. The predicted octanol–water partition coefficient (Wildman–Crippen LogP) is 4.52. The molecule has 1 fully saturated rings. The Bertz CT molecular complexity index is 1100. The van der Waals surface area contributed by atoms with E-state index in [0.717, 1.165) is 41.1 Å². The van der Waals surface area contributed by atoms with E-state index < -0.39 is 0 Å². The average Bonchev–Trinajstić information content (AvgIpc) is 2.84. The number of alkyl halides is 1. The van der Waals surface area contributed by atoms with Crippen LogP contribution >= 0.6 is 11.6 Å². The van der Waals surface area contributed by atoms with Gasteiger partial charge in [0.2, 0.25) is 5.95 Å². The number of hydrogen-bond donors (Lipinski definition) is 0. The minimum atomic E-state index is 0.160. The fourth-order valence-corrected chi connectivity index (χ4v) is 4.50. The molecule has 0 radical (unpaired) electrons. The quantitative estimate of drug-likeness (QED) is 0.449. The van der Waals surface area contributed by atoms with E-state index in [-0.39, 0.29) is 12.1 Å². The number of benzene rings is 1. The summed E-state index contributed by atoms with van der Waals surface area (Å²) < 4.78 is 11.1. The lowest BCUT2D eigenvalue weighted by Gasteiger charge is -2.35. The van der Waals surface area contributed by atoms with E-state index in [4.69, 9.17) is 36.0 Å². The van der Waals surface area contributed by atoms with Crippen molar-refractivity contribution >= 4 is 34.4 Å². The van der Waals surface area contributed by atoms with Crippen LogP contribution in [-0.2, 0) is 15.4 Å². The predicted molar refractivity (Wildman–Crippen MR) is 134 cm³/mol. The summed E-state index contributed by atoms with van der Waals surface area (Å²) in [5.41, 5.74) is 3.64. The third-order valence-corrected chi connectivity index (χ3v) is 6.39. The minimum Gasteiger partial charge on any atom is -0.383 e. The van der Waals surface area contributed by atoms with Crippen molar-refractivity contribution in [1.82, 2.24) is 15.0 Å². The molecule has 1 aromatic carbocycles. The normalized spacial score (nSPS) is 17.4. The second-order valence-corrected chi connectivity index (χ2v) is 8.72. The van der Waals surface area contributed by atoms with E-state index in [1.807, 2.05) is 18.2 Å². The van der Waals surface area contributed by atoms with Crippen molar-refractivity contribution in [2.24, 2.45) is 0 Å². The Balaban J connectivity index is 1.87. The number of anilines is 2. The lowest BCUT2D eigenvalue weighted by Crippen LogP contribution is -2.45. The number of nitrogens with zero attached hydrogens (tertiary/aromatic N) is 5. The van der Waals surface area contributed by atoms with Gasteiger partial charge in [-0.3, -0.25) is 0 Å². The maximum atomic E-state index is 6.06. The maximum absolute atomic E-state index is 6.06. The summed E-state index contributed by atoms with van der Waals surface area (Å²) in [6.07, 6.45) is 0. The highest BCUT2D eigenvalue weighted by Gasteiger charge is 2.25. The monoisotopic (exact) mass is 469 g/mol. The van der Waals surface area contributed by atoms with Crippen LogP contribution in [0.4, 0.5) is 11.8 Å². The molecule has 2 atom stereocenters. The second-order valence-electron chi connectivity index (χ2n) is 8.46. The van der Waals surface area contributed by atoms with Gasteiger partial charge >= 0.3 is 0 Å². The van der Waals surface area contributed by atoms with Crippen molar-refractivity contribution in [3.8, 4) is 11.3 Å². The number of halogens is 1. The molecule has 0 aliphatic carbocycles. The second kappa shape index (κ2) is 10.6. The highest BCUT2D eigenvalue weighted by atomic mass is 35.5. The fraction of sp³-hybridized carbons (Fsp3) is 0.480. The summed E-state index contributed by atoms with van der Waals surface area (Å²) in [4.78, 5) is 19.4. The molecule has 1 saturated heterocycles. The molecule has 4 rings (SSSR count). The summed E-state index contributed by atoms with van der Waals surface area (Å²) in [6, 6.07) is 12.6. The van der Waals surface area contributed by atoms with Crippen LogP contribution in [0.3, 0.4) is 0 Å². The van der Waals surface area contributed by atoms with Gasteiger partial charge in [-0.15, -0.1) is 11.6 Å². The Morgan fingerprint density at radius 2 is 2.09 bits per heavy atom. The molecule has 0 unspecified atom stereocenters. The van der Waals surface area contributed by atoms with Gasteiger partial charge < -0.3 is 19.3 Å². The Hall–Kier alpha value is -2.48. The number of likely N-dealkylation sites (N-methyl/N-ethyl adjacent to an activating group) is 1. The number of hydrogen-bond acceptors (Lipinski definition) is 7. The highest BCUT2D eigenvalue weighted by Crippen LogP contribution is 2.30. The molecule has 8 heteroatoms. The van der Waals surface area contributed by atoms with Crippen molar-refractivity contribution in [1.29, 1.82) is 0 Å². The van der Waals surface area contributed by atoms with E-state index in [9.17, 15) is 0 Å². The topological polar surface area (TPSA) is 63.6 Å². The number of morpholine rings is 1. The Morgan fingerprint density at radius 1 is 1.24 bits per heavy atom.